The van der Waals surface area contributed by atoms with Gasteiger partial charge in [0.2, 0.25) is 0 Å². The van der Waals surface area contributed by atoms with Crippen LogP contribution in [-0.2, 0) is 24.8 Å². The molecule has 6 rings (SSSR count). The lowest BCUT2D eigenvalue weighted by Crippen LogP contribution is -2.66. The lowest BCUT2D eigenvalue weighted by molar-refractivity contribution is -0.105. The standard InChI is InChI=1S/C29H29BrN2O2/c1-34-22-10-5-9-21(15-22)28-13-14-32(18-20-7-3-2-4-8-20)19-29(28,33)16-24-23-11-6-12-25(30)27(23)31-26(24)17-28/h2-12,15,31,33H,13-14,16-19H2,1H3. The Balaban J connectivity index is 1.47. The van der Waals surface area contributed by atoms with Crippen molar-refractivity contribution in [2.75, 3.05) is 20.2 Å². The highest BCUT2D eigenvalue weighted by molar-refractivity contribution is 9.10. The predicted molar refractivity (Wildman–Crippen MR) is 139 cm³/mol. The minimum absolute atomic E-state index is 0.380. The van der Waals surface area contributed by atoms with Gasteiger partial charge in [0, 0.05) is 46.9 Å². The van der Waals surface area contributed by atoms with Crippen molar-refractivity contribution in [1.82, 2.24) is 9.88 Å². The third-order valence-electron chi connectivity index (χ3n) is 8.03. The molecule has 34 heavy (non-hydrogen) atoms. The maximum Gasteiger partial charge on any atom is 0.119 e. The fourth-order valence-electron chi connectivity index (χ4n) is 6.31. The summed E-state index contributed by atoms with van der Waals surface area (Å²) in [5, 5.41) is 13.8. The average Bonchev–Trinajstić information content (AvgIpc) is 3.20. The number of para-hydroxylation sites is 1. The van der Waals surface area contributed by atoms with Gasteiger partial charge in [-0.05, 0) is 63.8 Å². The first-order valence-electron chi connectivity index (χ1n) is 11.9. The Morgan fingerprint density at radius 1 is 1.03 bits per heavy atom. The maximum absolute atomic E-state index is 12.6. The van der Waals surface area contributed by atoms with Crippen molar-refractivity contribution in [3.8, 4) is 5.75 Å². The van der Waals surface area contributed by atoms with E-state index < -0.39 is 5.60 Å². The van der Waals surface area contributed by atoms with Crippen LogP contribution in [0.3, 0.4) is 0 Å². The summed E-state index contributed by atoms with van der Waals surface area (Å²) >= 11 is 3.72. The minimum atomic E-state index is -0.892. The van der Waals surface area contributed by atoms with Crippen molar-refractivity contribution in [3.63, 3.8) is 0 Å². The summed E-state index contributed by atoms with van der Waals surface area (Å²) in [5.74, 6) is 0.839. The summed E-state index contributed by atoms with van der Waals surface area (Å²) in [6, 6.07) is 25.2. The lowest BCUT2D eigenvalue weighted by atomic mass is 9.56. The molecular formula is C29H29BrN2O2. The van der Waals surface area contributed by atoms with Gasteiger partial charge in [-0.25, -0.2) is 0 Å². The lowest BCUT2D eigenvalue weighted by Gasteiger charge is -2.56. The van der Waals surface area contributed by atoms with E-state index in [1.165, 1.54) is 22.2 Å². The van der Waals surface area contributed by atoms with Gasteiger partial charge >= 0.3 is 0 Å². The fraction of sp³-hybridized carbons (Fsp3) is 0.310. The number of aromatic nitrogens is 1. The van der Waals surface area contributed by atoms with E-state index >= 15 is 0 Å². The van der Waals surface area contributed by atoms with Crippen molar-refractivity contribution in [2.24, 2.45) is 0 Å². The number of ether oxygens (including phenoxy) is 1. The molecule has 1 aliphatic heterocycles. The number of β-amino-alcohol motifs (C(OH)–C–C–N with tert-alkyl or cyclic N) is 1. The number of rotatable bonds is 4. The van der Waals surface area contributed by atoms with Crippen molar-refractivity contribution in [2.45, 2.75) is 36.8 Å². The van der Waals surface area contributed by atoms with Gasteiger partial charge in [0.15, 0.2) is 0 Å². The predicted octanol–water partition coefficient (Wildman–Crippen LogP) is 5.61. The van der Waals surface area contributed by atoms with Crippen LogP contribution in [0, 0.1) is 0 Å². The second kappa shape index (κ2) is 8.26. The Labute approximate surface area is 208 Å². The number of H-pyrrole nitrogens is 1. The zero-order valence-electron chi connectivity index (χ0n) is 19.4. The highest BCUT2D eigenvalue weighted by Gasteiger charge is 2.57. The van der Waals surface area contributed by atoms with Crippen molar-refractivity contribution >= 4 is 26.8 Å². The summed E-state index contributed by atoms with van der Waals surface area (Å²) in [5.41, 5.74) is 4.79. The molecule has 1 fully saturated rings. The third-order valence-corrected chi connectivity index (χ3v) is 8.69. The van der Waals surface area contributed by atoms with Crippen LogP contribution in [0.1, 0.15) is 28.8 Å². The van der Waals surface area contributed by atoms with E-state index in [1.54, 1.807) is 7.11 Å². The normalized spacial score (nSPS) is 24.6. The first kappa shape index (κ1) is 21.9. The second-order valence-corrected chi connectivity index (χ2v) is 10.7. The number of fused-ring (bicyclic) bond motifs is 4. The number of likely N-dealkylation sites (tertiary alicyclic amines) is 1. The number of aliphatic hydroxyl groups is 1. The average molecular weight is 517 g/mol. The number of nitrogens with one attached hydrogen (secondary N) is 1. The quantitative estimate of drug-likeness (QED) is 0.370. The second-order valence-electron chi connectivity index (χ2n) is 9.89. The van der Waals surface area contributed by atoms with E-state index in [2.05, 4.69) is 92.5 Å². The molecule has 0 bridgehead atoms. The SMILES string of the molecule is COc1cccc(C23CCN(Cc4ccccc4)CC2(O)Cc2c([nH]c4c(Br)cccc24)C3)c1. The monoisotopic (exact) mass is 516 g/mol. The van der Waals surface area contributed by atoms with Gasteiger partial charge in [-0.15, -0.1) is 0 Å². The Hall–Kier alpha value is -2.60. The van der Waals surface area contributed by atoms with Crippen molar-refractivity contribution < 1.29 is 9.84 Å². The Bertz CT molecular complexity index is 1350. The topological polar surface area (TPSA) is 48.5 Å². The van der Waals surface area contributed by atoms with Crippen LogP contribution in [0.15, 0.2) is 77.3 Å². The fourth-order valence-corrected chi connectivity index (χ4v) is 6.78. The molecule has 2 unspecified atom stereocenters. The number of aromatic amines is 1. The summed E-state index contributed by atoms with van der Waals surface area (Å²) in [4.78, 5) is 6.13. The highest BCUT2D eigenvalue weighted by Crippen LogP contribution is 2.52. The minimum Gasteiger partial charge on any atom is -0.497 e. The van der Waals surface area contributed by atoms with Gasteiger partial charge in [0.1, 0.15) is 5.75 Å². The maximum atomic E-state index is 12.6. The van der Waals surface area contributed by atoms with E-state index in [9.17, 15) is 5.11 Å². The molecule has 0 radical (unpaired) electrons. The van der Waals surface area contributed by atoms with Crippen LogP contribution < -0.4 is 4.74 Å². The summed E-state index contributed by atoms with van der Waals surface area (Å²) in [6.45, 7) is 2.43. The molecule has 0 spiro atoms. The molecule has 4 nitrogen and oxygen atoms in total. The van der Waals surface area contributed by atoms with Gasteiger partial charge in [0.05, 0.1) is 18.2 Å². The van der Waals surface area contributed by atoms with Gasteiger partial charge < -0.3 is 14.8 Å². The van der Waals surface area contributed by atoms with Gasteiger partial charge in [-0.2, -0.15) is 0 Å². The molecule has 3 aromatic carbocycles. The molecule has 0 saturated carbocycles. The number of hydrogen-bond acceptors (Lipinski definition) is 3. The number of methoxy groups -OCH3 is 1. The molecule has 1 saturated heterocycles. The highest BCUT2D eigenvalue weighted by atomic mass is 79.9. The van der Waals surface area contributed by atoms with E-state index in [0.29, 0.717) is 13.0 Å². The van der Waals surface area contributed by atoms with Gasteiger partial charge in [-0.1, -0.05) is 54.6 Å². The van der Waals surface area contributed by atoms with Crippen molar-refractivity contribution in [1.29, 1.82) is 0 Å². The molecule has 1 aliphatic carbocycles. The van der Waals surface area contributed by atoms with Crippen LogP contribution in [0.25, 0.3) is 10.9 Å². The molecule has 174 valence electrons. The van der Waals surface area contributed by atoms with Crippen LogP contribution in [-0.4, -0.2) is 40.8 Å². The third kappa shape index (κ3) is 3.41. The number of benzene rings is 3. The number of nitrogens with zero attached hydrogens (tertiary/aromatic N) is 1. The van der Waals surface area contributed by atoms with Crippen molar-refractivity contribution in [3.05, 3.63) is 99.7 Å². The van der Waals surface area contributed by atoms with Crippen LogP contribution in [0.5, 0.6) is 5.75 Å². The van der Waals surface area contributed by atoms with Gasteiger partial charge in [0.25, 0.3) is 0 Å². The number of piperidine rings is 1. The molecule has 2 heterocycles. The van der Waals surface area contributed by atoms with Crippen LogP contribution >= 0.6 is 15.9 Å². The molecule has 1 aromatic heterocycles. The number of hydrogen-bond donors (Lipinski definition) is 2. The molecule has 5 heteroatoms. The van der Waals surface area contributed by atoms with Crippen LogP contribution in [0.4, 0.5) is 0 Å². The molecule has 2 atom stereocenters. The Kier molecular flexibility index (Phi) is 5.32. The van der Waals surface area contributed by atoms with E-state index in [-0.39, 0.29) is 5.41 Å². The summed E-state index contributed by atoms with van der Waals surface area (Å²) in [6.07, 6.45) is 2.30. The number of halogens is 1. The van der Waals surface area contributed by atoms with E-state index in [0.717, 1.165) is 47.2 Å². The van der Waals surface area contributed by atoms with E-state index in [1.807, 2.05) is 6.07 Å². The Morgan fingerprint density at radius 3 is 2.68 bits per heavy atom. The zero-order chi connectivity index (χ0) is 23.3. The molecular weight excluding hydrogens is 488 g/mol. The molecule has 4 aromatic rings. The first-order valence-corrected chi connectivity index (χ1v) is 12.7. The van der Waals surface area contributed by atoms with E-state index in [4.69, 9.17) is 4.74 Å². The summed E-state index contributed by atoms with van der Waals surface area (Å²) in [7, 11) is 1.71. The zero-order valence-corrected chi connectivity index (χ0v) is 20.9. The Morgan fingerprint density at radius 2 is 1.85 bits per heavy atom. The first-order chi connectivity index (χ1) is 16.5. The smallest absolute Gasteiger partial charge is 0.119 e. The van der Waals surface area contributed by atoms with Gasteiger partial charge in [-0.3, -0.25) is 4.90 Å². The largest absolute Gasteiger partial charge is 0.497 e. The summed E-state index contributed by atoms with van der Waals surface area (Å²) < 4.78 is 6.65. The molecule has 2 aliphatic rings. The molecule has 0 amide bonds. The molecule has 2 N–H and O–H groups in total. The van der Waals surface area contributed by atoms with Crippen LogP contribution in [0.2, 0.25) is 0 Å².